The predicted octanol–water partition coefficient (Wildman–Crippen LogP) is 8.30. The molecule has 0 aliphatic carbocycles. The van der Waals surface area contributed by atoms with Crippen molar-refractivity contribution in [1.82, 2.24) is 9.78 Å². The largest absolute Gasteiger partial charge is 0.490 e. The number of thioether (sulfide) groups is 1. The number of amides is 1. The maximum Gasteiger partial charge on any atom is 0.280 e. The molecular weight excluding hydrogens is 565 g/mol. The molecule has 0 N–H and O–H groups in total. The van der Waals surface area contributed by atoms with E-state index in [4.69, 9.17) is 14.9 Å². The topological polar surface area (TPSA) is 59.7 Å². The summed E-state index contributed by atoms with van der Waals surface area (Å²) in [4.78, 5) is 15.1. The molecule has 6 nitrogen and oxygen atoms in total. The van der Waals surface area contributed by atoms with Crippen molar-refractivity contribution in [3.63, 3.8) is 0 Å². The summed E-state index contributed by atoms with van der Waals surface area (Å²) in [6.07, 6.45) is 5.63. The zero-order chi connectivity index (χ0) is 30.5. The summed E-state index contributed by atoms with van der Waals surface area (Å²) >= 11 is 1.66. The van der Waals surface area contributed by atoms with E-state index in [9.17, 15) is 4.79 Å². The molecular formula is C37H32N4O2S. The number of ether oxygens (including phenoxy) is 1. The number of hydrogen-bond donors (Lipinski definition) is 0. The highest BCUT2D eigenvalue weighted by Gasteiger charge is 2.32. The van der Waals surface area contributed by atoms with Crippen molar-refractivity contribution in [2.45, 2.75) is 18.7 Å². The molecule has 0 unspecified atom stereocenters. The first kappa shape index (κ1) is 29.0. The number of rotatable bonds is 10. The lowest BCUT2D eigenvalue weighted by Gasteiger charge is -2.11. The van der Waals surface area contributed by atoms with E-state index in [0.717, 1.165) is 44.4 Å². The van der Waals surface area contributed by atoms with Crippen LogP contribution in [0, 0.1) is 13.8 Å². The minimum atomic E-state index is -0.168. The zero-order valence-corrected chi connectivity index (χ0v) is 25.5. The summed E-state index contributed by atoms with van der Waals surface area (Å²) in [5.41, 5.74) is 7.68. The molecule has 0 spiro atoms. The van der Waals surface area contributed by atoms with Crippen molar-refractivity contribution in [1.29, 1.82) is 0 Å². The fourth-order valence-corrected chi connectivity index (χ4v) is 5.80. The second-order valence-corrected chi connectivity index (χ2v) is 11.5. The minimum absolute atomic E-state index is 0.168. The standard InChI is InChI=1S/C37H32N4O2S/c1-4-21-43-31-17-20-33(27(3)22-31)36-28(24-40(39-36)29-11-7-5-8-12-29)23-34-35(25-44-32-18-15-26(2)16-19-32)38-41(37(34)42)30-13-9-6-10-14-30/h4-20,22-24H,1,21,25H2,2-3H3/b34-23-. The summed E-state index contributed by atoms with van der Waals surface area (Å²) in [6, 6.07) is 33.9. The van der Waals surface area contributed by atoms with Crippen LogP contribution in [0.25, 0.3) is 23.0 Å². The van der Waals surface area contributed by atoms with E-state index in [1.54, 1.807) is 17.8 Å². The van der Waals surface area contributed by atoms with E-state index in [2.05, 4.69) is 37.8 Å². The molecule has 1 aromatic heterocycles. The summed E-state index contributed by atoms with van der Waals surface area (Å²) in [5, 5.41) is 11.3. The highest BCUT2D eigenvalue weighted by atomic mass is 32.2. The first-order valence-corrected chi connectivity index (χ1v) is 15.4. The van der Waals surface area contributed by atoms with Gasteiger partial charge in [0, 0.05) is 28.0 Å². The number of hydrogen-bond acceptors (Lipinski definition) is 5. The molecule has 7 heteroatoms. The third-order valence-electron chi connectivity index (χ3n) is 7.24. The van der Waals surface area contributed by atoms with E-state index in [-0.39, 0.29) is 5.91 Å². The molecule has 0 fully saturated rings. The van der Waals surface area contributed by atoms with Crippen LogP contribution in [-0.4, -0.2) is 33.8 Å². The number of nitrogens with zero attached hydrogens (tertiary/aromatic N) is 4. The highest BCUT2D eigenvalue weighted by molar-refractivity contribution is 8.00. The number of benzene rings is 4. The Kier molecular flexibility index (Phi) is 8.57. The van der Waals surface area contributed by atoms with E-state index in [1.807, 2.05) is 103 Å². The van der Waals surface area contributed by atoms with Gasteiger partial charge in [0.05, 0.1) is 22.7 Å². The quantitative estimate of drug-likeness (QED) is 0.0925. The molecule has 1 amide bonds. The van der Waals surface area contributed by atoms with Crippen molar-refractivity contribution < 1.29 is 9.53 Å². The molecule has 0 saturated heterocycles. The lowest BCUT2D eigenvalue weighted by molar-refractivity contribution is -0.114. The zero-order valence-electron chi connectivity index (χ0n) is 24.7. The fourth-order valence-electron chi connectivity index (χ4n) is 4.96. The van der Waals surface area contributed by atoms with Crippen LogP contribution in [0.1, 0.15) is 16.7 Å². The second kappa shape index (κ2) is 13.0. The van der Waals surface area contributed by atoms with E-state index < -0.39 is 0 Å². The van der Waals surface area contributed by atoms with Gasteiger partial charge < -0.3 is 4.74 Å². The number of carbonyl (C=O) groups is 1. The van der Waals surface area contributed by atoms with Gasteiger partial charge in [-0.05, 0) is 80.1 Å². The van der Waals surface area contributed by atoms with Crippen molar-refractivity contribution in [3.05, 3.63) is 144 Å². The number of aromatic nitrogens is 2. The number of carbonyl (C=O) groups excluding carboxylic acids is 1. The Morgan fingerprint density at radius 2 is 1.59 bits per heavy atom. The van der Waals surface area contributed by atoms with Gasteiger partial charge in [-0.1, -0.05) is 66.7 Å². The van der Waals surface area contributed by atoms with E-state index in [1.165, 1.54) is 10.6 Å². The Morgan fingerprint density at radius 3 is 2.27 bits per heavy atom. The number of para-hydroxylation sites is 2. The minimum Gasteiger partial charge on any atom is -0.490 e. The lowest BCUT2D eigenvalue weighted by Crippen LogP contribution is -2.21. The summed E-state index contributed by atoms with van der Waals surface area (Å²) < 4.78 is 7.62. The molecule has 44 heavy (non-hydrogen) atoms. The van der Waals surface area contributed by atoms with Crippen LogP contribution in [0.3, 0.4) is 0 Å². The molecule has 218 valence electrons. The van der Waals surface area contributed by atoms with Crippen LogP contribution in [0.5, 0.6) is 5.75 Å². The second-order valence-electron chi connectivity index (χ2n) is 10.4. The van der Waals surface area contributed by atoms with Gasteiger partial charge in [-0.25, -0.2) is 4.68 Å². The molecule has 5 aromatic rings. The summed E-state index contributed by atoms with van der Waals surface area (Å²) in [6.45, 7) is 8.28. The first-order chi connectivity index (χ1) is 21.5. The third kappa shape index (κ3) is 6.28. The fraction of sp³-hybridized carbons (Fsp3) is 0.108. The average molecular weight is 597 g/mol. The van der Waals surface area contributed by atoms with E-state index >= 15 is 0 Å². The molecule has 0 saturated carbocycles. The highest BCUT2D eigenvalue weighted by Crippen LogP contribution is 2.33. The Balaban J connectivity index is 1.43. The van der Waals surface area contributed by atoms with Gasteiger partial charge >= 0.3 is 0 Å². The van der Waals surface area contributed by atoms with E-state index in [0.29, 0.717) is 23.6 Å². The van der Waals surface area contributed by atoms with Gasteiger partial charge in [0.25, 0.3) is 5.91 Å². The van der Waals surface area contributed by atoms with Crippen LogP contribution >= 0.6 is 11.8 Å². The maximum absolute atomic E-state index is 14.0. The van der Waals surface area contributed by atoms with Crippen LogP contribution in [-0.2, 0) is 4.79 Å². The molecule has 0 radical (unpaired) electrons. The molecule has 6 rings (SSSR count). The van der Waals surface area contributed by atoms with Crippen LogP contribution in [0.4, 0.5) is 5.69 Å². The van der Waals surface area contributed by atoms with Crippen molar-refractivity contribution in [3.8, 4) is 22.7 Å². The first-order valence-electron chi connectivity index (χ1n) is 14.4. The van der Waals surface area contributed by atoms with Gasteiger partial charge in [0.1, 0.15) is 18.1 Å². The summed E-state index contributed by atoms with van der Waals surface area (Å²) in [5.74, 6) is 1.14. The monoisotopic (exact) mass is 596 g/mol. The van der Waals surface area contributed by atoms with Crippen LogP contribution < -0.4 is 9.75 Å². The molecule has 4 aromatic carbocycles. The molecule has 0 atom stereocenters. The van der Waals surface area contributed by atoms with Crippen LogP contribution in [0.15, 0.2) is 138 Å². The third-order valence-corrected chi connectivity index (χ3v) is 8.26. The van der Waals surface area contributed by atoms with Gasteiger partial charge in [-0.2, -0.15) is 15.2 Å². The number of hydrazone groups is 1. The van der Waals surface area contributed by atoms with Crippen molar-refractivity contribution in [2.24, 2.45) is 5.10 Å². The summed E-state index contributed by atoms with van der Waals surface area (Å²) in [7, 11) is 0. The molecule has 1 aliphatic heterocycles. The Bertz CT molecular complexity index is 1860. The SMILES string of the molecule is C=CCOc1ccc(-c2nn(-c3ccccc3)cc2/C=C2\C(=O)N(c3ccccc3)N=C2CSc2ccc(C)cc2)c(C)c1. The lowest BCUT2D eigenvalue weighted by atomic mass is 10.00. The number of aryl methyl sites for hydroxylation is 2. The van der Waals surface area contributed by atoms with Crippen LogP contribution in [0.2, 0.25) is 0 Å². The van der Waals surface area contributed by atoms with Crippen molar-refractivity contribution in [2.75, 3.05) is 17.4 Å². The molecule has 2 heterocycles. The van der Waals surface area contributed by atoms with Gasteiger partial charge in [0.15, 0.2) is 0 Å². The normalized spacial score (nSPS) is 13.8. The average Bonchev–Trinajstić information content (AvgIpc) is 3.61. The van der Waals surface area contributed by atoms with Gasteiger partial charge in [-0.3, -0.25) is 4.79 Å². The van der Waals surface area contributed by atoms with Crippen molar-refractivity contribution >= 4 is 35.1 Å². The smallest absolute Gasteiger partial charge is 0.280 e. The molecule has 0 bridgehead atoms. The maximum atomic E-state index is 14.0. The van der Waals surface area contributed by atoms with Gasteiger partial charge in [-0.15, -0.1) is 11.8 Å². The Morgan fingerprint density at radius 1 is 0.886 bits per heavy atom. The Hall–Kier alpha value is -5.14. The predicted molar refractivity (Wildman–Crippen MR) is 181 cm³/mol. The Labute approximate surface area is 262 Å². The number of anilines is 1. The van der Waals surface area contributed by atoms with Gasteiger partial charge in [0.2, 0.25) is 0 Å². The molecule has 1 aliphatic rings.